The summed E-state index contributed by atoms with van der Waals surface area (Å²) in [4.78, 5) is 10.1. The van der Waals surface area contributed by atoms with Crippen molar-refractivity contribution < 1.29 is 487 Å². The molecule has 0 unspecified atom stereocenters. The average Bonchev–Trinajstić information content (AvgIpc) is 1.88. The van der Waals surface area contributed by atoms with E-state index in [0.717, 1.165) is 12.8 Å². The normalized spacial score (nSPS) is 2.06. The molecular weight excluding hydrogens is 3010 g/mol. The molecule has 5 N–H and O–H groups in total. The molecule has 0 saturated carbocycles. The van der Waals surface area contributed by atoms with Crippen molar-refractivity contribution in [2.45, 2.75) is 25.3 Å². The molecule has 44 nitrogen and oxygen atoms in total. The molecule has 0 bridgehead atoms. The molecule has 0 aliphatic rings. The standard InChI is InChI=1S/C6H14N2O2.40O.Si.12W/c7-4-2-1-3-5(8)6(9)10;;;;;;;;;;;;;;;;;;;;;;;;;;;;;;;;;;;;;;;;;;;;;;;;;;;;;/h5H,1-4,7-8H2,(H,9,10);;;;;;;;;;;;;;;;;;;;;;;;;;;;;;;;;;;;;;;;;;;;;;;;;;;;;/q;40*-2;+4;;;;;;;;;;;;/p+4/t5-;;;;;;;;;;;;;;;;;;;;;;;;;;;;;;;;;;;;;;;;;;;;;;;;;;;;;/m0...................................................../s1. The zero-order chi connectivity index (χ0) is 7.98. The van der Waals surface area contributed by atoms with Crippen molar-refractivity contribution in [3.63, 3.8) is 0 Å². The summed E-state index contributed by atoms with van der Waals surface area (Å²) in [5.41, 5.74) is 10.4. The summed E-state index contributed by atoms with van der Waals surface area (Å²) in [5.74, 6) is -0.933. The molecule has 0 fully saturated rings. The summed E-state index contributed by atoms with van der Waals surface area (Å²) in [7, 11) is 0. The van der Waals surface area contributed by atoms with Crippen molar-refractivity contribution in [2.24, 2.45) is 11.5 Å². The molecule has 57 heteroatoms. The number of hydrogen-bond acceptors (Lipinski definition) is 3. The maximum atomic E-state index is 10.1. The minimum atomic E-state index is -0.933. The fraction of sp³-hybridized carbons (Fsp3) is 0.833. The van der Waals surface area contributed by atoms with Gasteiger partial charge in [-0.1, -0.05) is 6.42 Å². The van der Waals surface area contributed by atoms with Crippen LogP contribution in [-0.4, -0.2) is 34.6 Å². The Morgan fingerprint density at radius 3 is 0.460 bits per heavy atom. The van der Waals surface area contributed by atoms with Crippen molar-refractivity contribution in [3.05, 3.63) is 0 Å². The first kappa shape index (κ1) is 1390. The molecule has 452 valence electrons. The molecule has 0 spiro atoms. The van der Waals surface area contributed by atoms with Gasteiger partial charge in [-0.3, -0.25) is 4.79 Å². The van der Waals surface area contributed by atoms with Gasteiger partial charge >= 0.3 is 22.6 Å². The van der Waals surface area contributed by atoms with E-state index in [1.54, 1.807) is 0 Å². The van der Waals surface area contributed by atoms with E-state index in [-0.39, 0.29) is 489 Å². The van der Waals surface area contributed by atoms with E-state index in [2.05, 4.69) is 0 Å². The number of aliphatic carboxylic acids is 1. The number of carboxylic acids is 1. The summed E-state index contributed by atoms with van der Waals surface area (Å²) in [5, 5.41) is 8.33. The van der Waals surface area contributed by atoms with E-state index >= 15 is 0 Å². The summed E-state index contributed by atoms with van der Waals surface area (Å²) < 4.78 is 0. The fourth-order valence-electron chi connectivity index (χ4n) is 0.632. The minimum Gasteiger partial charge on any atom is -2.00 e. The molecule has 0 aliphatic carbocycles. The van der Waals surface area contributed by atoms with Crippen molar-refractivity contribution in [3.8, 4) is 0 Å². The quantitative estimate of drug-likeness (QED) is 0.180. The molecule has 0 heterocycles. The minimum absolute atomic E-state index is 0. The molecule has 0 aliphatic heterocycles. The number of unbranched alkanes of at least 4 members (excludes halogenated alkanes) is 1. The molecule has 0 rings (SSSR count). The van der Waals surface area contributed by atoms with Gasteiger partial charge < -0.3 is 236 Å². The van der Waals surface area contributed by atoms with Crippen LogP contribution in [0.25, 0.3) is 0 Å². The molecule has 0 saturated heterocycles. The van der Waals surface area contributed by atoms with Crippen molar-refractivity contribution >= 4 is 16.9 Å². The smallest absolute Gasteiger partial charge is 2.00 e. The molecular formula is C6H18N2O42SiW12-72. The summed E-state index contributed by atoms with van der Waals surface area (Å²) in [6, 6.07) is -0.716. The SMILES string of the molecule is NCCCC[C@H](N)C(=O)O.[H+].[H+].[H+].[H+].[O-2].[O-2].[O-2].[O-2].[O-2].[O-2].[O-2].[O-2].[O-2].[O-2].[O-2].[O-2].[O-2].[O-2].[O-2].[O-2].[O-2].[O-2].[O-2].[O-2].[O-2].[O-2].[O-2].[O-2].[O-2].[O-2].[O-2].[O-2].[O-2].[O-2].[O-2].[O-2].[O-2].[O-2].[O-2].[O-2].[O-2].[O-2].[O-2].[O-2].[Si+4].[W].[W].[W].[W].[W].[W].[W].[W].[W].[W].[W].[W]. The maximum Gasteiger partial charge on any atom is 4.00 e. The topological polar surface area (TPSA) is 1230 Å². The first-order chi connectivity index (χ1) is 4.68. The van der Waals surface area contributed by atoms with E-state index in [1.165, 1.54) is 0 Å². The van der Waals surface area contributed by atoms with E-state index in [4.69, 9.17) is 16.6 Å². The summed E-state index contributed by atoms with van der Waals surface area (Å²) in [6.07, 6.45) is 2.16. The Labute approximate surface area is 541 Å². The molecule has 0 aromatic heterocycles. The maximum absolute atomic E-state index is 10.1. The third-order valence-electron chi connectivity index (χ3n) is 1.29. The fourth-order valence-corrected chi connectivity index (χ4v) is 0.632. The van der Waals surface area contributed by atoms with Gasteiger partial charge in [-0.15, -0.1) is 0 Å². The largest absolute Gasteiger partial charge is 4.00 e. The van der Waals surface area contributed by atoms with E-state index in [9.17, 15) is 4.79 Å². The van der Waals surface area contributed by atoms with Gasteiger partial charge in [0.15, 0.2) is 0 Å². The van der Waals surface area contributed by atoms with Crippen LogP contribution in [-0.2, 0) is 477 Å². The number of rotatable bonds is 5. The first-order valence-electron chi connectivity index (χ1n) is 3.37. The van der Waals surface area contributed by atoms with Crippen LogP contribution in [0.5, 0.6) is 0 Å². The van der Waals surface area contributed by atoms with Gasteiger partial charge in [-0.25, -0.2) is 0 Å². The molecule has 0 aromatic rings. The second-order valence-corrected chi connectivity index (χ2v) is 2.23. The average molecular weight is 3020 g/mol. The molecule has 1 atom stereocenters. The Hall–Kier alpha value is 6.27. The summed E-state index contributed by atoms with van der Waals surface area (Å²) >= 11 is 0. The van der Waals surface area contributed by atoms with E-state index < -0.39 is 12.0 Å². The molecule has 0 amide bonds. The van der Waals surface area contributed by atoms with Gasteiger partial charge in [0.2, 0.25) is 0 Å². The number of carboxylic acid groups (broad SMARTS) is 1. The Morgan fingerprint density at radius 1 is 0.302 bits per heavy atom. The zero-order valence-electron chi connectivity index (χ0n) is 31.6. The van der Waals surface area contributed by atoms with Crippen LogP contribution < -0.4 is 11.5 Å². The second-order valence-electron chi connectivity index (χ2n) is 2.23. The zero-order valence-corrected chi connectivity index (χ0v) is 63.8. The molecule has 63 heavy (non-hydrogen) atoms. The third-order valence-corrected chi connectivity index (χ3v) is 1.29. The van der Waals surface area contributed by atoms with Gasteiger partial charge in [0.05, 0.1) is 0 Å². The number of carbonyl (C=O) groups is 1. The van der Waals surface area contributed by atoms with Gasteiger partial charge in [0, 0.05) is 253 Å². The second kappa shape index (κ2) is 1170. The Balaban J connectivity index is -0.000000000254. The van der Waals surface area contributed by atoms with Gasteiger partial charge in [0.25, 0.3) is 0 Å². The van der Waals surface area contributed by atoms with Gasteiger partial charge in [-0.05, 0) is 19.4 Å². The predicted octanol–water partition coefficient (Wildman–Crippen LogP) is -5.19. The van der Waals surface area contributed by atoms with Crippen LogP contribution in [0.15, 0.2) is 0 Å². The van der Waals surface area contributed by atoms with Crippen LogP contribution in [0.4, 0.5) is 0 Å². The van der Waals surface area contributed by atoms with Crippen LogP contribution in [0.3, 0.4) is 0 Å². The van der Waals surface area contributed by atoms with Crippen molar-refractivity contribution in [2.75, 3.05) is 6.54 Å². The van der Waals surface area contributed by atoms with Crippen molar-refractivity contribution in [1.82, 2.24) is 0 Å². The third kappa shape index (κ3) is 1290. The number of nitrogens with two attached hydrogens (primary N) is 2. The van der Waals surface area contributed by atoms with Crippen LogP contribution in [0.2, 0.25) is 0 Å². The van der Waals surface area contributed by atoms with Gasteiger partial charge in [-0.2, -0.15) is 0 Å². The van der Waals surface area contributed by atoms with Crippen LogP contribution in [0, 0.1) is 0 Å². The Kier molecular flexibility index (Phi) is 25700. The number of hydrogen-bond donors (Lipinski definition) is 3. The van der Waals surface area contributed by atoms with Crippen LogP contribution >= 0.6 is 0 Å². The first-order valence-corrected chi connectivity index (χ1v) is 3.37. The predicted molar refractivity (Wildman–Crippen MR) is 76.2 cm³/mol. The van der Waals surface area contributed by atoms with E-state index in [0.29, 0.717) is 13.0 Å². The summed E-state index contributed by atoms with van der Waals surface area (Å²) in [6.45, 7) is 0.604. The van der Waals surface area contributed by atoms with Crippen molar-refractivity contribution in [1.29, 1.82) is 0 Å². The molecule has 0 radical (unpaired) electrons. The molecule has 0 aromatic carbocycles. The Bertz CT molecular complexity index is 204. The monoisotopic (exact) mass is 3030 g/mol. The van der Waals surface area contributed by atoms with E-state index in [1.807, 2.05) is 0 Å². The Morgan fingerprint density at radius 2 is 0.397 bits per heavy atom. The van der Waals surface area contributed by atoms with Gasteiger partial charge in [0.1, 0.15) is 6.04 Å². The van der Waals surface area contributed by atoms with Crippen LogP contribution in [0.1, 0.15) is 25.0 Å².